The summed E-state index contributed by atoms with van der Waals surface area (Å²) < 4.78 is 30.5. The molecule has 2 unspecified atom stereocenters. The van der Waals surface area contributed by atoms with E-state index in [1.165, 1.54) is 0 Å². The molecule has 0 aliphatic carbocycles. The number of carbonyl (C=O) groups excluding carboxylic acids is 1. The second kappa shape index (κ2) is 7.00. The summed E-state index contributed by atoms with van der Waals surface area (Å²) in [5.74, 6) is -1.91. The molecule has 1 aliphatic rings. The van der Waals surface area contributed by atoms with Gasteiger partial charge in [0.15, 0.2) is 5.25 Å². The molecule has 0 radical (unpaired) electrons. The fourth-order valence-corrected chi connectivity index (χ4v) is 3.30. The van der Waals surface area contributed by atoms with Gasteiger partial charge in [0.05, 0.1) is 13.2 Å². The number of aliphatic carboxylic acids is 1. The Hall–Kier alpha value is -1.19. The molecule has 1 rings (SSSR count). The number of hydrogen-bond acceptors (Lipinski definition) is 5. The molecule has 0 saturated carbocycles. The van der Waals surface area contributed by atoms with Gasteiger partial charge < -0.3 is 15.2 Å². The first kappa shape index (κ1) is 16.9. The molecule has 1 saturated heterocycles. The molecule has 1 heterocycles. The zero-order valence-corrected chi connectivity index (χ0v) is 12.4. The molecule has 1 aliphatic heterocycles. The summed E-state index contributed by atoms with van der Waals surface area (Å²) in [5.41, 5.74) is 0. The molecule has 20 heavy (non-hydrogen) atoms. The molecule has 0 aromatic rings. The van der Waals surface area contributed by atoms with E-state index in [9.17, 15) is 18.0 Å². The van der Waals surface area contributed by atoms with E-state index in [0.717, 1.165) is 17.6 Å². The van der Waals surface area contributed by atoms with Gasteiger partial charge in [0.25, 0.3) is 0 Å². The summed E-state index contributed by atoms with van der Waals surface area (Å²) in [6.07, 6.45) is 0.720. The molecule has 2 N–H and O–H groups in total. The van der Waals surface area contributed by atoms with Crippen molar-refractivity contribution in [1.82, 2.24) is 9.62 Å². The van der Waals surface area contributed by atoms with Gasteiger partial charge in [-0.2, -0.15) is 4.31 Å². The Kier molecular flexibility index (Phi) is 5.90. The summed E-state index contributed by atoms with van der Waals surface area (Å²) in [7, 11) is -4.09. The van der Waals surface area contributed by atoms with Crippen LogP contribution in [-0.4, -0.2) is 67.3 Å². The van der Waals surface area contributed by atoms with Crippen LogP contribution in [0.3, 0.4) is 0 Å². The maximum atomic E-state index is 12.2. The lowest BCUT2D eigenvalue weighted by Crippen LogP contribution is -2.58. The van der Waals surface area contributed by atoms with Crippen LogP contribution in [0.4, 0.5) is 0 Å². The lowest BCUT2D eigenvalue weighted by molar-refractivity contribution is -0.136. The summed E-state index contributed by atoms with van der Waals surface area (Å²) in [5, 5.41) is 9.88. The number of carbonyl (C=O) groups is 2. The van der Waals surface area contributed by atoms with Crippen molar-refractivity contribution in [2.75, 3.05) is 26.3 Å². The van der Waals surface area contributed by atoms with Crippen LogP contribution in [0.5, 0.6) is 0 Å². The van der Waals surface area contributed by atoms with Crippen LogP contribution in [0.25, 0.3) is 0 Å². The number of sulfonamides is 1. The van der Waals surface area contributed by atoms with Crippen molar-refractivity contribution in [2.45, 2.75) is 31.6 Å². The van der Waals surface area contributed by atoms with E-state index in [1.807, 2.05) is 6.92 Å². The van der Waals surface area contributed by atoms with Gasteiger partial charge in [0.2, 0.25) is 15.9 Å². The van der Waals surface area contributed by atoms with E-state index in [1.54, 1.807) is 0 Å². The van der Waals surface area contributed by atoms with Gasteiger partial charge >= 0.3 is 5.97 Å². The van der Waals surface area contributed by atoms with Crippen molar-refractivity contribution >= 4 is 21.9 Å². The number of hydrogen-bond donors (Lipinski definition) is 2. The average Bonchev–Trinajstić information content (AvgIpc) is 2.43. The molecule has 1 amide bonds. The monoisotopic (exact) mass is 308 g/mol. The van der Waals surface area contributed by atoms with E-state index >= 15 is 0 Å². The second-order valence-electron chi connectivity index (χ2n) is 4.52. The number of carboxylic acid groups (broad SMARTS) is 1. The molecular formula is C11H20N2O6S. The number of carboxylic acids is 1. The van der Waals surface area contributed by atoms with Crippen molar-refractivity contribution in [3.8, 4) is 0 Å². The van der Waals surface area contributed by atoms with Crippen molar-refractivity contribution in [3.05, 3.63) is 0 Å². The van der Waals surface area contributed by atoms with E-state index in [2.05, 4.69) is 5.32 Å². The summed E-state index contributed by atoms with van der Waals surface area (Å²) in [6, 6.07) is -1.01. The zero-order valence-electron chi connectivity index (χ0n) is 11.5. The van der Waals surface area contributed by atoms with Crippen LogP contribution >= 0.6 is 0 Å². The van der Waals surface area contributed by atoms with Crippen LogP contribution in [-0.2, 0) is 24.3 Å². The highest BCUT2D eigenvalue weighted by Crippen LogP contribution is 2.17. The molecule has 0 aromatic carbocycles. The topological polar surface area (TPSA) is 113 Å². The van der Waals surface area contributed by atoms with Crippen LogP contribution in [0.1, 0.15) is 20.3 Å². The van der Waals surface area contributed by atoms with E-state index in [0.29, 0.717) is 6.54 Å². The smallest absolute Gasteiger partial charge is 0.323 e. The van der Waals surface area contributed by atoms with Crippen molar-refractivity contribution < 1.29 is 27.9 Å². The molecule has 9 heteroatoms. The quantitative estimate of drug-likeness (QED) is 0.652. The highest BCUT2D eigenvalue weighted by Gasteiger charge is 2.42. The molecule has 0 aromatic heterocycles. The van der Waals surface area contributed by atoms with Gasteiger partial charge in [-0.3, -0.25) is 9.59 Å². The van der Waals surface area contributed by atoms with Gasteiger partial charge in [-0.1, -0.05) is 6.92 Å². The third kappa shape index (κ3) is 3.68. The second-order valence-corrected chi connectivity index (χ2v) is 6.72. The number of morpholine rings is 1. The maximum Gasteiger partial charge on any atom is 0.323 e. The predicted octanol–water partition coefficient (Wildman–Crippen LogP) is -0.984. The van der Waals surface area contributed by atoms with Gasteiger partial charge in [0.1, 0.15) is 6.04 Å². The molecule has 116 valence electrons. The van der Waals surface area contributed by atoms with Crippen LogP contribution in [0, 0.1) is 0 Å². The minimum absolute atomic E-state index is 0.0236. The van der Waals surface area contributed by atoms with Crippen LogP contribution in [0.15, 0.2) is 0 Å². The van der Waals surface area contributed by atoms with Crippen LogP contribution in [0.2, 0.25) is 0 Å². The van der Waals surface area contributed by atoms with E-state index in [4.69, 9.17) is 9.84 Å². The third-order valence-corrected chi connectivity index (χ3v) is 5.24. The molecule has 1 fully saturated rings. The Bertz CT molecular complexity index is 464. The lowest BCUT2D eigenvalue weighted by atomic mass is 10.2. The Balaban J connectivity index is 2.94. The summed E-state index contributed by atoms with van der Waals surface area (Å²) >= 11 is 0. The summed E-state index contributed by atoms with van der Waals surface area (Å²) in [6.45, 7) is 3.44. The fraction of sp³-hybridized carbons (Fsp3) is 0.818. The number of ether oxygens (including phenoxy) is 1. The third-order valence-electron chi connectivity index (χ3n) is 3.05. The number of nitrogens with one attached hydrogen (secondary N) is 1. The first-order valence-electron chi connectivity index (χ1n) is 6.41. The van der Waals surface area contributed by atoms with Gasteiger partial charge in [-0.25, -0.2) is 8.42 Å². The highest BCUT2D eigenvalue weighted by atomic mass is 32.2. The lowest BCUT2D eigenvalue weighted by Gasteiger charge is -2.34. The first-order chi connectivity index (χ1) is 9.32. The van der Waals surface area contributed by atoms with Gasteiger partial charge in [-0.05, 0) is 13.3 Å². The Morgan fingerprint density at radius 1 is 1.50 bits per heavy atom. The Morgan fingerprint density at radius 3 is 2.70 bits per heavy atom. The Morgan fingerprint density at radius 2 is 2.15 bits per heavy atom. The fourth-order valence-electron chi connectivity index (χ4n) is 1.80. The Labute approximate surface area is 118 Å². The number of nitrogens with zero attached hydrogens (tertiary/aromatic N) is 1. The molecular weight excluding hydrogens is 288 g/mol. The van der Waals surface area contributed by atoms with Crippen molar-refractivity contribution in [1.29, 1.82) is 0 Å². The van der Waals surface area contributed by atoms with E-state index in [-0.39, 0.29) is 19.8 Å². The van der Waals surface area contributed by atoms with Gasteiger partial charge in [-0.15, -0.1) is 0 Å². The number of rotatable bonds is 6. The van der Waals surface area contributed by atoms with Gasteiger partial charge in [0, 0.05) is 13.1 Å². The standard InChI is InChI=1S/C11H20N2O6S/c1-3-4-12-10(14)9-7-19-6-5-13(9)20(17,18)8(2)11(15)16/h8-9H,3-7H2,1-2H3,(H,12,14)(H,15,16). The van der Waals surface area contributed by atoms with Crippen molar-refractivity contribution in [3.63, 3.8) is 0 Å². The molecule has 0 spiro atoms. The minimum Gasteiger partial charge on any atom is -0.480 e. The molecule has 8 nitrogen and oxygen atoms in total. The van der Waals surface area contributed by atoms with Crippen molar-refractivity contribution in [2.24, 2.45) is 0 Å². The maximum absolute atomic E-state index is 12.2. The predicted molar refractivity (Wildman–Crippen MR) is 70.6 cm³/mol. The molecule has 2 atom stereocenters. The first-order valence-corrected chi connectivity index (χ1v) is 7.91. The zero-order chi connectivity index (χ0) is 15.3. The molecule has 0 bridgehead atoms. The number of amides is 1. The SMILES string of the molecule is CCCNC(=O)C1COCCN1S(=O)(=O)C(C)C(=O)O. The summed E-state index contributed by atoms with van der Waals surface area (Å²) in [4.78, 5) is 22.9. The minimum atomic E-state index is -4.09. The largest absolute Gasteiger partial charge is 0.480 e. The average molecular weight is 308 g/mol. The van der Waals surface area contributed by atoms with E-state index < -0.39 is 33.2 Å². The normalized spacial score (nSPS) is 22.2. The van der Waals surface area contributed by atoms with Crippen LogP contribution < -0.4 is 5.32 Å². The highest BCUT2D eigenvalue weighted by molar-refractivity contribution is 7.90.